The van der Waals surface area contributed by atoms with Crippen LogP contribution in [0.1, 0.15) is 5.56 Å². The van der Waals surface area contributed by atoms with Crippen molar-refractivity contribution in [3.63, 3.8) is 0 Å². The van der Waals surface area contributed by atoms with Crippen LogP contribution in [-0.4, -0.2) is 48.9 Å². The van der Waals surface area contributed by atoms with Crippen molar-refractivity contribution in [1.29, 1.82) is 0 Å². The van der Waals surface area contributed by atoms with Crippen LogP contribution in [0.15, 0.2) is 85.2 Å². The molecule has 1 N–H and O–H groups in total. The van der Waals surface area contributed by atoms with Crippen molar-refractivity contribution in [1.82, 2.24) is 15.2 Å². The minimum Gasteiger partial charge on any atom is -0.457 e. The van der Waals surface area contributed by atoms with Crippen molar-refractivity contribution in [3.8, 4) is 23.0 Å². The molecular weight excluding hydrogens is 586 g/mol. The second kappa shape index (κ2) is 13.0. The molecule has 0 fully saturated rings. The second-order valence-corrected chi connectivity index (χ2v) is 9.25. The van der Waals surface area contributed by atoms with Crippen molar-refractivity contribution in [2.75, 3.05) is 37.5 Å². The first-order valence-corrected chi connectivity index (χ1v) is 13.0. The number of aromatic amines is 1. The first kappa shape index (κ1) is 30.3. The van der Waals surface area contributed by atoms with Crippen LogP contribution in [0, 0.1) is 5.82 Å². The minimum atomic E-state index is -4.84. The standard InChI is InChI=1S/C30H25F4N5O5/c1-41-17-38(20-5-10-23(11-6-20)43-26-13-14-35-28-24(26)16-36-37-28)29(40)39(18-42-2)21-7-12-27(25(15-21)30(32,33)34)44-22-8-3-19(31)4-9-22/h3-16H,17-18H2,1-2H3,(H,35,36,37). The summed E-state index contributed by atoms with van der Waals surface area (Å²) >= 11 is 0. The van der Waals surface area contributed by atoms with E-state index in [1.807, 2.05) is 0 Å². The maximum absolute atomic E-state index is 14.1. The SMILES string of the molecule is COCN(C(=O)N(COC)c1ccc(Oc2ccc(F)cc2)c(C(F)(F)F)c1)c1ccc(Oc2ccnc3[nH]ncc23)cc1. The molecule has 0 bridgehead atoms. The van der Waals surface area contributed by atoms with E-state index in [0.29, 0.717) is 28.2 Å². The van der Waals surface area contributed by atoms with Gasteiger partial charge < -0.3 is 18.9 Å². The fourth-order valence-corrected chi connectivity index (χ4v) is 4.25. The van der Waals surface area contributed by atoms with E-state index in [2.05, 4.69) is 15.2 Å². The highest BCUT2D eigenvalue weighted by molar-refractivity contribution is 6.03. The second-order valence-electron chi connectivity index (χ2n) is 9.25. The lowest BCUT2D eigenvalue weighted by Crippen LogP contribution is -2.45. The number of benzene rings is 3. The number of carbonyl (C=O) groups excluding carboxylic acids is 1. The molecule has 5 aromatic rings. The van der Waals surface area contributed by atoms with E-state index >= 15 is 0 Å². The molecule has 0 radical (unpaired) electrons. The van der Waals surface area contributed by atoms with E-state index in [9.17, 15) is 22.4 Å². The predicted octanol–water partition coefficient (Wildman–Crippen LogP) is 7.34. The van der Waals surface area contributed by atoms with Gasteiger partial charge in [-0.25, -0.2) is 14.2 Å². The number of hydrogen-bond acceptors (Lipinski definition) is 7. The topological polar surface area (TPSA) is 102 Å². The molecule has 10 nitrogen and oxygen atoms in total. The number of aromatic nitrogens is 3. The van der Waals surface area contributed by atoms with Gasteiger partial charge in [0.15, 0.2) is 5.65 Å². The van der Waals surface area contributed by atoms with Crippen molar-refractivity contribution in [2.24, 2.45) is 0 Å². The van der Waals surface area contributed by atoms with Gasteiger partial charge in [0.05, 0.1) is 11.6 Å². The molecule has 0 aliphatic rings. The highest BCUT2D eigenvalue weighted by Gasteiger charge is 2.36. The fraction of sp³-hybridized carbons (Fsp3) is 0.167. The quantitative estimate of drug-likeness (QED) is 0.130. The number of ether oxygens (including phenoxy) is 4. The monoisotopic (exact) mass is 611 g/mol. The summed E-state index contributed by atoms with van der Waals surface area (Å²) in [5.41, 5.74) is -0.326. The molecule has 0 unspecified atom stereocenters. The van der Waals surface area contributed by atoms with Crippen LogP contribution in [-0.2, 0) is 15.7 Å². The Hall–Kier alpha value is -5.21. The van der Waals surface area contributed by atoms with Gasteiger partial charge in [-0.3, -0.25) is 14.9 Å². The third-order valence-corrected chi connectivity index (χ3v) is 6.29. The van der Waals surface area contributed by atoms with Gasteiger partial charge in [0.2, 0.25) is 0 Å². The maximum atomic E-state index is 14.1. The molecule has 3 aromatic carbocycles. The molecule has 2 heterocycles. The summed E-state index contributed by atoms with van der Waals surface area (Å²) in [6, 6.07) is 15.1. The van der Waals surface area contributed by atoms with Gasteiger partial charge in [0.1, 0.15) is 47.8 Å². The molecular formula is C30H25F4N5O5. The van der Waals surface area contributed by atoms with E-state index in [1.54, 1.807) is 42.7 Å². The number of carbonyl (C=O) groups is 1. The largest absolute Gasteiger partial charge is 0.457 e. The molecule has 5 rings (SSSR count). The van der Waals surface area contributed by atoms with Crippen LogP contribution in [0.5, 0.6) is 23.0 Å². The molecule has 0 atom stereocenters. The van der Waals surface area contributed by atoms with Crippen LogP contribution < -0.4 is 19.3 Å². The number of H-pyrrole nitrogens is 1. The van der Waals surface area contributed by atoms with Gasteiger partial charge in [-0.1, -0.05) is 0 Å². The number of anilines is 2. The van der Waals surface area contributed by atoms with E-state index < -0.39 is 29.3 Å². The van der Waals surface area contributed by atoms with Gasteiger partial charge >= 0.3 is 12.2 Å². The number of fused-ring (bicyclic) bond motifs is 1. The maximum Gasteiger partial charge on any atom is 0.420 e. The Morgan fingerprint density at radius 1 is 0.818 bits per heavy atom. The first-order valence-electron chi connectivity index (χ1n) is 13.0. The number of methoxy groups -OCH3 is 2. The first-order chi connectivity index (χ1) is 21.2. The summed E-state index contributed by atoms with van der Waals surface area (Å²) in [7, 11) is 2.68. The summed E-state index contributed by atoms with van der Waals surface area (Å²) in [5, 5.41) is 7.40. The van der Waals surface area contributed by atoms with Crippen LogP contribution in [0.25, 0.3) is 11.0 Å². The summed E-state index contributed by atoms with van der Waals surface area (Å²) in [6.45, 7) is -0.602. The smallest absolute Gasteiger partial charge is 0.420 e. The Morgan fingerprint density at radius 3 is 2.05 bits per heavy atom. The number of amides is 2. The molecule has 0 saturated heterocycles. The summed E-state index contributed by atoms with van der Waals surface area (Å²) in [5.74, 6) is -0.118. The minimum absolute atomic E-state index is 0.00582. The van der Waals surface area contributed by atoms with Gasteiger partial charge in [-0.15, -0.1) is 0 Å². The number of rotatable bonds is 10. The van der Waals surface area contributed by atoms with Crippen LogP contribution in [0.2, 0.25) is 0 Å². The molecule has 0 spiro atoms. The number of pyridine rings is 1. The van der Waals surface area contributed by atoms with Crippen molar-refractivity contribution in [3.05, 3.63) is 96.6 Å². The Labute approximate surface area is 248 Å². The van der Waals surface area contributed by atoms with E-state index in [4.69, 9.17) is 18.9 Å². The van der Waals surface area contributed by atoms with Gasteiger partial charge in [0, 0.05) is 31.8 Å². The predicted molar refractivity (Wildman–Crippen MR) is 152 cm³/mol. The van der Waals surface area contributed by atoms with E-state index in [-0.39, 0.29) is 24.9 Å². The summed E-state index contributed by atoms with van der Waals surface area (Å²) < 4.78 is 77.4. The van der Waals surface area contributed by atoms with Gasteiger partial charge in [0.25, 0.3) is 0 Å². The fourth-order valence-electron chi connectivity index (χ4n) is 4.25. The molecule has 14 heteroatoms. The molecule has 2 amide bonds. The highest BCUT2D eigenvalue weighted by Crippen LogP contribution is 2.41. The van der Waals surface area contributed by atoms with E-state index in [0.717, 1.165) is 29.2 Å². The molecule has 0 aliphatic heterocycles. The average Bonchev–Trinajstić information content (AvgIpc) is 3.50. The number of halogens is 4. The van der Waals surface area contributed by atoms with Gasteiger partial charge in [-0.05, 0) is 72.8 Å². The van der Waals surface area contributed by atoms with Crippen LogP contribution in [0.4, 0.5) is 33.7 Å². The van der Waals surface area contributed by atoms with Crippen molar-refractivity contribution >= 4 is 28.4 Å². The third kappa shape index (κ3) is 6.71. The number of nitrogens with zero attached hydrogens (tertiary/aromatic N) is 4. The molecule has 0 saturated carbocycles. The van der Waals surface area contributed by atoms with Crippen LogP contribution in [0.3, 0.4) is 0 Å². The van der Waals surface area contributed by atoms with Crippen molar-refractivity contribution in [2.45, 2.75) is 6.18 Å². The highest BCUT2D eigenvalue weighted by atomic mass is 19.4. The lowest BCUT2D eigenvalue weighted by atomic mass is 10.1. The number of alkyl halides is 3. The lowest BCUT2D eigenvalue weighted by Gasteiger charge is -2.30. The molecule has 0 aliphatic carbocycles. The lowest BCUT2D eigenvalue weighted by molar-refractivity contribution is -0.138. The van der Waals surface area contributed by atoms with E-state index in [1.165, 1.54) is 37.3 Å². The average molecular weight is 612 g/mol. The van der Waals surface area contributed by atoms with Gasteiger partial charge in [-0.2, -0.15) is 18.3 Å². The van der Waals surface area contributed by atoms with Crippen molar-refractivity contribution < 1.29 is 41.3 Å². The summed E-state index contributed by atoms with van der Waals surface area (Å²) in [4.78, 5) is 20.2. The Bertz CT molecular complexity index is 1730. The number of hydrogen-bond donors (Lipinski definition) is 1. The molecule has 2 aromatic heterocycles. The Kier molecular flexibility index (Phi) is 8.92. The number of urea groups is 1. The number of nitrogens with one attached hydrogen (secondary N) is 1. The zero-order valence-corrected chi connectivity index (χ0v) is 23.3. The van der Waals surface area contributed by atoms with Crippen LogP contribution >= 0.6 is 0 Å². The molecule has 228 valence electrons. The normalized spacial score (nSPS) is 11.4. The zero-order valence-electron chi connectivity index (χ0n) is 23.3. The zero-order chi connectivity index (χ0) is 31.3. The third-order valence-electron chi connectivity index (χ3n) is 6.29. The summed E-state index contributed by atoms with van der Waals surface area (Å²) in [6.07, 6.45) is -1.69. The Balaban J connectivity index is 1.42. The Morgan fingerprint density at radius 2 is 1.41 bits per heavy atom. The molecule has 44 heavy (non-hydrogen) atoms.